The molecule has 1 aromatic rings. The molecule has 20 heavy (non-hydrogen) atoms. The maximum absolute atomic E-state index is 6.27. The predicted molar refractivity (Wildman–Crippen MR) is 85.0 cm³/mol. The van der Waals surface area contributed by atoms with E-state index in [4.69, 9.17) is 4.74 Å². The van der Waals surface area contributed by atoms with Gasteiger partial charge in [-0.05, 0) is 49.3 Å². The Hall–Kier alpha value is -0.860. The zero-order valence-corrected chi connectivity index (χ0v) is 13.2. The van der Waals surface area contributed by atoms with Gasteiger partial charge in [-0.25, -0.2) is 0 Å². The summed E-state index contributed by atoms with van der Waals surface area (Å²) >= 11 is 0. The molecule has 1 N–H and O–H groups in total. The number of hydrogen-bond acceptors (Lipinski definition) is 2. The van der Waals surface area contributed by atoms with Crippen LogP contribution in [0.4, 0.5) is 0 Å². The van der Waals surface area contributed by atoms with Gasteiger partial charge in [-0.1, -0.05) is 45.0 Å². The summed E-state index contributed by atoms with van der Waals surface area (Å²) in [5, 5.41) is 3.61. The Morgan fingerprint density at radius 2 is 2.10 bits per heavy atom. The Balaban J connectivity index is 1.93. The third kappa shape index (κ3) is 4.07. The van der Waals surface area contributed by atoms with Crippen molar-refractivity contribution < 1.29 is 4.74 Å². The van der Waals surface area contributed by atoms with Gasteiger partial charge in [0.2, 0.25) is 0 Å². The highest BCUT2D eigenvalue weighted by Crippen LogP contribution is 2.32. The van der Waals surface area contributed by atoms with Crippen LogP contribution in [-0.4, -0.2) is 19.2 Å². The average Bonchev–Trinajstić information content (AvgIpc) is 2.47. The number of hydrogen-bond donors (Lipinski definition) is 1. The zero-order chi connectivity index (χ0) is 14.4. The summed E-state index contributed by atoms with van der Waals surface area (Å²) in [4.78, 5) is 0. The fourth-order valence-corrected chi connectivity index (χ4v) is 2.92. The highest BCUT2D eigenvalue weighted by atomic mass is 16.5. The van der Waals surface area contributed by atoms with E-state index in [0.29, 0.717) is 18.1 Å². The second-order valence-corrected chi connectivity index (χ2v) is 6.22. The molecule has 1 aliphatic rings. The van der Waals surface area contributed by atoms with Crippen LogP contribution in [0.3, 0.4) is 0 Å². The monoisotopic (exact) mass is 275 g/mol. The average molecular weight is 275 g/mol. The molecule has 2 nitrogen and oxygen atoms in total. The van der Waals surface area contributed by atoms with E-state index in [0.717, 1.165) is 19.6 Å². The summed E-state index contributed by atoms with van der Waals surface area (Å²) in [6.45, 7) is 8.64. The molecule has 1 aromatic carbocycles. The van der Waals surface area contributed by atoms with Crippen molar-refractivity contribution in [1.82, 2.24) is 5.32 Å². The number of aryl methyl sites for hydroxylation is 1. The van der Waals surface area contributed by atoms with Crippen LogP contribution in [0.1, 0.15) is 57.3 Å². The minimum atomic E-state index is 0.296. The summed E-state index contributed by atoms with van der Waals surface area (Å²) in [5.74, 6) is 0.611. The summed E-state index contributed by atoms with van der Waals surface area (Å²) < 4.78 is 6.27. The summed E-state index contributed by atoms with van der Waals surface area (Å²) in [6.07, 6.45) is 5.09. The van der Waals surface area contributed by atoms with Crippen molar-refractivity contribution in [2.45, 2.75) is 58.6 Å². The number of rotatable bonds is 7. The Bertz CT molecular complexity index is 402. The van der Waals surface area contributed by atoms with Crippen LogP contribution in [0.15, 0.2) is 24.3 Å². The number of ether oxygens (including phenoxy) is 1. The molecule has 2 rings (SSSR count). The summed E-state index contributed by atoms with van der Waals surface area (Å²) in [6, 6.07) is 9.23. The maximum Gasteiger partial charge on any atom is 0.0828 e. The Morgan fingerprint density at radius 1 is 1.30 bits per heavy atom. The third-order valence-electron chi connectivity index (χ3n) is 4.25. The van der Waals surface area contributed by atoms with E-state index in [9.17, 15) is 0 Å². The van der Waals surface area contributed by atoms with Crippen molar-refractivity contribution in [2.24, 2.45) is 5.92 Å². The fraction of sp³-hybridized carbons (Fsp3) is 0.667. The fourth-order valence-electron chi connectivity index (χ4n) is 2.92. The zero-order valence-electron chi connectivity index (χ0n) is 13.2. The normalized spacial score (nSPS) is 19.9. The van der Waals surface area contributed by atoms with Crippen LogP contribution >= 0.6 is 0 Å². The highest BCUT2D eigenvalue weighted by molar-refractivity contribution is 5.31. The van der Waals surface area contributed by atoms with Crippen molar-refractivity contribution in [3.63, 3.8) is 0 Å². The molecule has 112 valence electrons. The van der Waals surface area contributed by atoms with Crippen LogP contribution in [0.25, 0.3) is 0 Å². The molecule has 0 radical (unpaired) electrons. The maximum atomic E-state index is 6.27. The molecule has 2 unspecified atom stereocenters. The second-order valence-electron chi connectivity index (χ2n) is 6.22. The quantitative estimate of drug-likeness (QED) is 0.808. The molecule has 0 amide bonds. The Morgan fingerprint density at radius 3 is 2.85 bits per heavy atom. The van der Waals surface area contributed by atoms with Gasteiger partial charge in [-0.15, -0.1) is 0 Å². The van der Waals surface area contributed by atoms with Crippen molar-refractivity contribution >= 4 is 0 Å². The van der Waals surface area contributed by atoms with Crippen LogP contribution < -0.4 is 5.32 Å². The molecule has 0 bridgehead atoms. The van der Waals surface area contributed by atoms with Gasteiger partial charge in [0.25, 0.3) is 0 Å². The first-order valence-corrected chi connectivity index (χ1v) is 8.15. The molecule has 0 aliphatic heterocycles. The third-order valence-corrected chi connectivity index (χ3v) is 4.25. The number of benzene rings is 1. The van der Waals surface area contributed by atoms with E-state index in [1.165, 1.54) is 30.4 Å². The van der Waals surface area contributed by atoms with Gasteiger partial charge in [0.1, 0.15) is 0 Å². The molecule has 0 spiro atoms. The Kier molecular flexibility index (Phi) is 6.06. The molecular weight excluding hydrogens is 246 g/mol. The predicted octanol–water partition coefficient (Wildman–Crippen LogP) is 4.10. The standard InChI is InChI=1S/C18H29NO/c1-4-12-19-17(14(2)3)13-20-18-11-7-9-15-8-5-6-10-16(15)18/h5-6,8,10,14,17-19H,4,7,9,11-13H2,1-3H3. The van der Waals surface area contributed by atoms with Gasteiger partial charge < -0.3 is 10.1 Å². The van der Waals surface area contributed by atoms with Crippen molar-refractivity contribution in [3.05, 3.63) is 35.4 Å². The van der Waals surface area contributed by atoms with Crippen LogP contribution in [0, 0.1) is 5.92 Å². The minimum Gasteiger partial charge on any atom is -0.372 e. The molecule has 0 aromatic heterocycles. The first-order valence-electron chi connectivity index (χ1n) is 8.15. The van der Waals surface area contributed by atoms with Gasteiger partial charge in [-0.2, -0.15) is 0 Å². The van der Waals surface area contributed by atoms with E-state index in [2.05, 4.69) is 50.4 Å². The van der Waals surface area contributed by atoms with Crippen molar-refractivity contribution in [2.75, 3.05) is 13.2 Å². The molecule has 0 saturated heterocycles. The molecule has 0 heterocycles. The van der Waals surface area contributed by atoms with E-state index < -0.39 is 0 Å². The van der Waals surface area contributed by atoms with E-state index in [1.807, 2.05) is 0 Å². The molecule has 2 atom stereocenters. The van der Waals surface area contributed by atoms with Crippen LogP contribution in [0.5, 0.6) is 0 Å². The van der Waals surface area contributed by atoms with Crippen LogP contribution in [-0.2, 0) is 11.2 Å². The van der Waals surface area contributed by atoms with Gasteiger partial charge in [-0.3, -0.25) is 0 Å². The lowest BCUT2D eigenvalue weighted by molar-refractivity contribution is 0.0192. The van der Waals surface area contributed by atoms with Crippen LogP contribution in [0.2, 0.25) is 0 Å². The number of nitrogens with one attached hydrogen (secondary N) is 1. The molecule has 0 saturated carbocycles. The van der Waals surface area contributed by atoms with Gasteiger partial charge in [0, 0.05) is 6.04 Å². The topological polar surface area (TPSA) is 21.3 Å². The lowest BCUT2D eigenvalue weighted by Gasteiger charge is -2.29. The largest absolute Gasteiger partial charge is 0.372 e. The molecule has 0 fully saturated rings. The molecule has 2 heteroatoms. The lowest BCUT2D eigenvalue weighted by Crippen LogP contribution is -2.39. The minimum absolute atomic E-state index is 0.296. The van der Waals surface area contributed by atoms with Crippen molar-refractivity contribution in [1.29, 1.82) is 0 Å². The lowest BCUT2D eigenvalue weighted by atomic mass is 9.89. The first kappa shape index (κ1) is 15.5. The molecule has 1 aliphatic carbocycles. The highest BCUT2D eigenvalue weighted by Gasteiger charge is 2.22. The summed E-state index contributed by atoms with van der Waals surface area (Å²) in [5.41, 5.74) is 2.89. The number of fused-ring (bicyclic) bond motifs is 1. The van der Waals surface area contributed by atoms with Crippen molar-refractivity contribution in [3.8, 4) is 0 Å². The Labute approximate surface area is 123 Å². The van der Waals surface area contributed by atoms with E-state index in [1.54, 1.807) is 0 Å². The first-order chi connectivity index (χ1) is 9.72. The second kappa shape index (κ2) is 7.80. The smallest absolute Gasteiger partial charge is 0.0828 e. The van der Waals surface area contributed by atoms with Gasteiger partial charge >= 0.3 is 0 Å². The van der Waals surface area contributed by atoms with Gasteiger partial charge in [0.05, 0.1) is 12.7 Å². The van der Waals surface area contributed by atoms with Gasteiger partial charge in [0.15, 0.2) is 0 Å². The van der Waals surface area contributed by atoms with E-state index in [-0.39, 0.29) is 0 Å². The molecular formula is C18H29NO. The summed E-state index contributed by atoms with van der Waals surface area (Å²) in [7, 11) is 0. The SMILES string of the molecule is CCCNC(COC1CCCc2ccccc21)C(C)C. The van der Waals surface area contributed by atoms with E-state index >= 15 is 0 Å².